The Kier molecular flexibility index (Phi) is 18.2. The molecule has 3 rings (SSSR count). The fourth-order valence-corrected chi connectivity index (χ4v) is 4.36. The van der Waals surface area contributed by atoms with E-state index < -0.39 is 6.29 Å². The first kappa shape index (κ1) is 35.5. The summed E-state index contributed by atoms with van der Waals surface area (Å²) in [6, 6.07) is 7.88. The standard InChI is InChI=1S/C31H50N6O7/c1-39-22-16-37-26-29(33-35-37)14-21-44-31(43-20-13-28-25-36(15-17-38)34-32-28)27-9-11-30(12-10-27)42-19-8-6-4-3-5-7-18-41-24-23-40-2/h9-12,25-26,31,38H,3-8,13-24H2,1-2H3. The zero-order valence-corrected chi connectivity index (χ0v) is 26.3. The SMILES string of the molecule is COCCOCCCCCCCCOc1ccc(C(OCCc2cn(CCO)nn2)OCCc2cn(CCOC)nn2)cc1. The Balaban J connectivity index is 1.40. The Hall–Kier alpha value is -2.94. The first-order chi connectivity index (χ1) is 21.7. The van der Waals surface area contributed by atoms with E-state index in [1.807, 2.05) is 36.7 Å². The van der Waals surface area contributed by atoms with Gasteiger partial charge in [0.1, 0.15) is 5.75 Å². The van der Waals surface area contributed by atoms with Crippen LogP contribution in [0.1, 0.15) is 61.8 Å². The van der Waals surface area contributed by atoms with E-state index in [2.05, 4.69) is 20.6 Å². The van der Waals surface area contributed by atoms with Crippen LogP contribution in [0.15, 0.2) is 36.7 Å². The van der Waals surface area contributed by atoms with Crippen LogP contribution >= 0.6 is 0 Å². The van der Waals surface area contributed by atoms with Gasteiger partial charge in [-0.05, 0) is 25.0 Å². The van der Waals surface area contributed by atoms with Crippen molar-refractivity contribution in [2.45, 2.75) is 70.7 Å². The molecule has 13 nitrogen and oxygen atoms in total. The Labute approximate surface area is 260 Å². The highest BCUT2D eigenvalue weighted by atomic mass is 16.7. The van der Waals surface area contributed by atoms with Crippen LogP contribution in [0.4, 0.5) is 0 Å². The summed E-state index contributed by atoms with van der Waals surface area (Å²) >= 11 is 0. The number of methoxy groups -OCH3 is 2. The van der Waals surface area contributed by atoms with Gasteiger partial charge in [0.2, 0.25) is 0 Å². The zero-order chi connectivity index (χ0) is 31.1. The fraction of sp³-hybridized carbons (Fsp3) is 0.677. The van der Waals surface area contributed by atoms with Gasteiger partial charge in [0.15, 0.2) is 6.29 Å². The van der Waals surface area contributed by atoms with Gasteiger partial charge in [-0.3, -0.25) is 0 Å². The highest BCUT2D eigenvalue weighted by molar-refractivity contribution is 5.28. The summed E-state index contributed by atoms with van der Waals surface area (Å²) < 4.78 is 37.3. The van der Waals surface area contributed by atoms with Crippen molar-refractivity contribution in [2.24, 2.45) is 0 Å². The Morgan fingerprint density at radius 3 is 1.86 bits per heavy atom. The van der Waals surface area contributed by atoms with E-state index in [-0.39, 0.29) is 6.61 Å². The summed E-state index contributed by atoms with van der Waals surface area (Å²) in [6.07, 6.45) is 11.2. The van der Waals surface area contributed by atoms with E-state index in [0.717, 1.165) is 48.6 Å². The highest BCUT2D eigenvalue weighted by Gasteiger charge is 2.15. The molecule has 0 spiro atoms. The van der Waals surface area contributed by atoms with Gasteiger partial charge >= 0.3 is 0 Å². The van der Waals surface area contributed by atoms with Crippen molar-refractivity contribution in [3.63, 3.8) is 0 Å². The molecule has 0 aliphatic heterocycles. The third-order valence-corrected chi connectivity index (χ3v) is 6.82. The summed E-state index contributed by atoms with van der Waals surface area (Å²) in [7, 11) is 3.35. The van der Waals surface area contributed by atoms with Gasteiger partial charge in [-0.25, -0.2) is 9.36 Å². The molecule has 2 heterocycles. The fourth-order valence-electron chi connectivity index (χ4n) is 4.36. The summed E-state index contributed by atoms with van der Waals surface area (Å²) in [6.45, 7) is 5.31. The molecule has 0 saturated heterocycles. The molecule has 13 heteroatoms. The molecular weight excluding hydrogens is 568 g/mol. The molecule has 0 aliphatic rings. The average Bonchev–Trinajstić information content (AvgIpc) is 3.69. The molecule has 246 valence electrons. The molecular formula is C31H50N6O7. The lowest BCUT2D eigenvalue weighted by molar-refractivity contribution is -0.145. The van der Waals surface area contributed by atoms with Crippen molar-refractivity contribution >= 4 is 0 Å². The zero-order valence-electron chi connectivity index (χ0n) is 26.3. The second-order valence-corrected chi connectivity index (χ2v) is 10.4. The number of rotatable bonds is 27. The largest absolute Gasteiger partial charge is 0.494 e. The summed E-state index contributed by atoms with van der Waals surface area (Å²) in [5.74, 6) is 0.828. The lowest BCUT2D eigenvalue weighted by Crippen LogP contribution is -2.13. The molecule has 1 N–H and O–H groups in total. The quantitative estimate of drug-likeness (QED) is 0.0994. The molecule has 0 aliphatic carbocycles. The van der Waals surface area contributed by atoms with Crippen LogP contribution in [0.25, 0.3) is 0 Å². The first-order valence-electron chi connectivity index (χ1n) is 15.6. The van der Waals surface area contributed by atoms with E-state index in [9.17, 15) is 0 Å². The third-order valence-electron chi connectivity index (χ3n) is 6.82. The molecule has 1 atom stereocenters. The lowest BCUT2D eigenvalue weighted by atomic mass is 10.1. The number of ether oxygens (including phenoxy) is 6. The minimum atomic E-state index is -0.564. The van der Waals surface area contributed by atoms with Crippen LogP contribution in [0, 0.1) is 0 Å². The number of aromatic nitrogens is 6. The van der Waals surface area contributed by atoms with Crippen LogP contribution in [-0.4, -0.2) is 102 Å². The maximum Gasteiger partial charge on any atom is 0.183 e. The van der Waals surface area contributed by atoms with Gasteiger partial charge in [0.05, 0.1) is 70.7 Å². The number of nitrogens with zero attached hydrogens (tertiary/aromatic N) is 6. The maximum atomic E-state index is 9.10. The van der Waals surface area contributed by atoms with Crippen LogP contribution < -0.4 is 4.74 Å². The minimum Gasteiger partial charge on any atom is -0.494 e. The van der Waals surface area contributed by atoms with Crippen LogP contribution in [0.5, 0.6) is 5.75 Å². The number of aliphatic hydroxyl groups is 1. The van der Waals surface area contributed by atoms with Crippen molar-refractivity contribution < 1.29 is 33.5 Å². The number of aliphatic hydroxyl groups excluding tert-OH is 1. The van der Waals surface area contributed by atoms with Crippen molar-refractivity contribution in [1.82, 2.24) is 30.0 Å². The van der Waals surface area contributed by atoms with Gasteiger partial charge in [-0.2, -0.15) is 0 Å². The molecule has 0 fully saturated rings. The van der Waals surface area contributed by atoms with Crippen molar-refractivity contribution in [3.8, 4) is 5.75 Å². The van der Waals surface area contributed by atoms with Crippen LogP contribution in [0.3, 0.4) is 0 Å². The van der Waals surface area contributed by atoms with E-state index in [1.54, 1.807) is 23.6 Å². The van der Waals surface area contributed by atoms with Gasteiger partial charge in [0, 0.05) is 51.6 Å². The topological polar surface area (TPSA) is 137 Å². The molecule has 0 amide bonds. The van der Waals surface area contributed by atoms with Crippen LogP contribution in [-0.2, 0) is 49.6 Å². The van der Waals surface area contributed by atoms with E-state index >= 15 is 0 Å². The lowest BCUT2D eigenvalue weighted by Gasteiger charge is -2.19. The second kappa shape index (κ2) is 22.6. The van der Waals surface area contributed by atoms with Crippen molar-refractivity contribution in [2.75, 3.05) is 67.1 Å². The monoisotopic (exact) mass is 618 g/mol. The summed E-state index contributed by atoms with van der Waals surface area (Å²) in [5.41, 5.74) is 2.54. The van der Waals surface area contributed by atoms with E-state index in [1.165, 1.54) is 19.3 Å². The third kappa shape index (κ3) is 14.7. The maximum absolute atomic E-state index is 9.10. The number of hydrogen-bond donors (Lipinski definition) is 1. The predicted octanol–water partition coefficient (Wildman–Crippen LogP) is 3.41. The smallest absolute Gasteiger partial charge is 0.183 e. The summed E-state index contributed by atoms with van der Waals surface area (Å²) in [5, 5.41) is 25.6. The molecule has 0 saturated carbocycles. The van der Waals surface area contributed by atoms with Gasteiger partial charge in [-0.15, -0.1) is 10.2 Å². The number of unbranched alkanes of at least 4 members (excludes halogenated alkanes) is 5. The second-order valence-electron chi connectivity index (χ2n) is 10.4. The average molecular weight is 619 g/mol. The van der Waals surface area contributed by atoms with Crippen molar-refractivity contribution in [1.29, 1.82) is 0 Å². The molecule has 1 unspecified atom stereocenters. The Morgan fingerprint density at radius 1 is 0.659 bits per heavy atom. The van der Waals surface area contributed by atoms with Gasteiger partial charge in [-0.1, -0.05) is 48.2 Å². The van der Waals surface area contributed by atoms with E-state index in [0.29, 0.717) is 65.6 Å². The highest BCUT2D eigenvalue weighted by Crippen LogP contribution is 2.23. The van der Waals surface area contributed by atoms with Gasteiger partial charge in [0.25, 0.3) is 0 Å². The molecule has 2 aromatic heterocycles. The molecule has 1 aromatic carbocycles. The van der Waals surface area contributed by atoms with E-state index in [4.69, 9.17) is 33.5 Å². The minimum absolute atomic E-state index is 0.0155. The Bertz CT molecular complexity index is 1110. The number of benzene rings is 1. The molecule has 0 bridgehead atoms. The summed E-state index contributed by atoms with van der Waals surface area (Å²) in [4.78, 5) is 0. The normalized spacial score (nSPS) is 12.2. The Morgan fingerprint density at radius 2 is 1.25 bits per heavy atom. The molecule has 0 radical (unpaired) electrons. The molecule has 44 heavy (non-hydrogen) atoms. The predicted molar refractivity (Wildman–Crippen MR) is 163 cm³/mol. The number of hydrogen-bond acceptors (Lipinski definition) is 11. The van der Waals surface area contributed by atoms with Crippen molar-refractivity contribution in [3.05, 3.63) is 53.6 Å². The van der Waals surface area contributed by atoms with Crippen LogP contribution in [0.2, 0.25) is 0 Å². The molecule has 3 aromatic rings. The first-order valence-corrected chi connectivity index (χ1v) is 15.6. The van der Waals surface area contributed by atoms with Gasteiger partial charge < -0.3 is 33.5 Å².